The molecule has 0 N–H and O–H groups in total. The van der Waals surface area contributed by atoms with Crippen molar-refractivity contribution in [3.8, 4) is 0 Å². The molecule has 0 spiro atoms. The maximum atomic E-state index is 13.5. The predicted molar refractivity (Wildman–Crippen MR) is 61.2 cm³/mol. The Kier molecular flexibility index (Phi) is 3.57. The molecule has 0 saturated carbocycles. The summed E-state index contributed by atoms with van der Waals surface area (Å²) in [6.45, 7) is 0. The molecule has 0 fully saturated rings. The smallest absolute Gasteiger partial charge is 0.199 e. The minimum absolute atomic E-state index is 0.484. The van der Waals surface area contributed by atoms with Gasteiger partial charge in [0.15, 0.2) is 5.78 Å². The van der Waals surface area contributed by atoms with Gasteiger partial charge in [0, 0.05) is 6.07 Å². The molecule has 0 aliphatic heterocycles. The highest BCUT2D eigenvalue weighted by molar-refractivity contribution is 6.30. The Labute approximate surface area is 110 Å². The Morgan fingerprint density at radius 2 is 1.47 bits per heavy atom. The van der Waals surface area contributed by atoms with Crippen LogP contribution in [0.15, 0.2) is 30.3 Å². The first-order valence-electron chi connectivity index (χ1n) is 5.04. The maximum absolute atomic E-state index is 13.5. The summed E-state index contributed by atoms with van der Waals surface area (Å²) >= 11 is 5.34. The van der Waals surface area contributed by atoms with Gasteiger partial charge in [-0.3, -0.25) is 4.79 Å². The van der Waals surface area contributed by atoms with E-state index >= 15 is 0 Å². The molecule has 0 bridgehead atoms. The van der Waals surface area contributed by atoms with Crippen molar-refractivity contribution in [1.29, 1.82) is 0 Å². The molecule has 98 valence electrons. The highest BCUT2D eigenvalue weighted by Gasteiger charge is 2.20. The molecular weight excluding hydrogens is 284 g/mol. The molecule has 6 heteroatoms. The second kappa shape index (κ2) is 5.01. The summed E-state index contributed by atoms with van der Waals surface area (Å²) in [6.07, 6.45) is 0. The SMILES string of the molecule is O=C(c1ccc(F)cc1F)c1cc(F)c(Cl)cc1F. The summed E-state index contributed by atoms with van der Waals surface area (Å²) < 4.78 is 52.8. The zero-order valence-corrected chi connectivity index (χ0v) is 9.94. The number of rotatable bonds is 2. The quantitative estimate of drug-likeness (QED) is 0.461. The molecule has 0 aromatic heterocycles. The summed E-state index contributed by atoms with van der Waals surface area (Å²) in [5.41, 5.74) is -1.23. The number of hydrogen-bond acceptors (Lipinski definition) is 1. The Bertz CT molecular complexity index is 670. The highest BCUT2D eigenvalue weighted by Crippen LogP contribution is 2.22. The molecular formula is C13H5ClF4O. The van der Waals surface area contributed by atoms with Crippen LogP contribution in [0.3, 0.4) is 0 Å². The van der Waals surface area contributed by atoms with Crippen molar-refractivity contribution in [2.75, 3.05) is 0 Å². The van der Waals surface area contributed by atoms with Crippen molar-refractivity contribution >= 4 is 17.4 Å². The number of hydrogen-bond donors (Lipinski definition) is 0. The molecule has 0 unspecified atom stereocenters. The lowest BCUT2D eigenvalue weighted by atomic mass is 10.0. The van der Waals surface area contributed by atoms with Crippen molar-refractivity contribution in [2.24, 2.45) is 0 Å². The van der Waals surface area contributed by atoms with Gasteiger partial charge in [0.05, 0.1) is 16.1 Å². The summed E-state index contributed by atoms with van der Waals surface area (Å²) in [7, 11) is 0. The fourth-order valence-corrected chi connectivity index (χ4v) is 1.67. The molecule has 2 aromatic rings. The third-order valence-corrected chi connectivity index (χ3v) is 2.72. The van der Waals surface area contributed by atoms with E-state index in [4.69, 9.17) is 11.6 Å². The monoisotopic (exact) mass is 288 g/mol. The van der Waals surface area contributed by atoms with Gasteiger partial charge >= 0.3 is 0 Å². The van der Waals surface area contributed by atoms with Crippen LogP contribution in [0, 0.1) is 23.3 Å². The highest BCUT2D eigenvalue weighted by atomic mass is 35.5. The summed E-state index contributed by atoms with van der Waals surface area (Å²) in [5, 5.41) is -0.492. The number of halogens is 5. The molecule has 0 heterocycles. The van der Waals surface area contributed by atoms with Crippen LogP contribution in [0.25, 0.3) is 0 Å². The Hall–Kier alpha value is -1.88. The zero-order valence-electron chi connectivity index (χ0n) is 9.18. The molecule has 0 aliphatic carbocycles. The second-order valence-electron chi connectivity index (χ2n) is 3.70. The van der Waals surface area contributed by atoms with Crippen molar-refractivity contribution in [3.63, 3.8) is 0 Å². The summed E-state index contributed by atoms with van der Waals surface area (Å²) in [6, 6.07) is 3.38. The average Bonchev–Trinajstić information content (AvgIpc) is 2.33. The first-order chi connectivity index (χ1) is 8.90. The zero-order chi connectivity index (χ0) is 14.2. The van der Waals surface area contributed by atoms with Crippen LogP contribution in [0.1, 0.15) is 15.9 Å². The molecule has 2 rings (SSSR count). The van der Waals surface area contributed by atoms with Crippen molar-refractivity contribution < 1.29 is 22.4 Å². The molecule has 0 aliphatic rings. The topological polar surface area (TPSA) is 17.1 Å². The third-order valence-electron chi connectivity index (χ3n) is 2.43. The largest absolute Gasteiger partial charge is 0.288 e. The van der Waals surface area contributed by atoms with E-state index in [0.29, 0.717) is 18.2 Å². The van der Waals surface area contributed by atoms with Crippen LogP contribution in [0.4, 0.5) is 17.6 Å². The van der Waals surface area contributed by atoms with E-state index in [0.717, 1.165) is 12.1 Å². The second-order valence-corrected chi connectivity index (χ2v) is 4.11. The van der Waals surface area contributed by atoms with Crippen LogP contribution in [-0.2, 0) is 0 Å². The van der Waals surface area contributed by atoms with E-state index in [1.165, 1.54) is 0 Å². The van der Waals surface area contributed by atoms with E-state index in [1.807, 2.05) is 0 Å². The molecule has 0 radical (unpaired) electrons. The van der Waals surface area contributed by atoms with Crippen LogP contribution >= 0.6 is 11.6 Å². The summed E-state index contributed by atoms with van der Waals surface area (Å²) in [4.78, 5) is 11.9. The minimum atomic E-state index is -1.15. The molecule has 0 amide bonds. The first-order valence-corrected chi connectivity index (χ1v) is 5.42. The van der Waals surface area contributed by atoms with Crippen LogP contribution in [-0.4, -0.2) is 5.78 Å². The molecule has 0 atom stereocenters. The minimum Gasteiger partial charge on any atom is -0.288 e. The lowest BCUT2D eigenvalue weighted by Crippen LogP contribution is -2.08. The fourth-order valence-electron chi connectivity index (χ4n) is 1.52. The molecule has 19 heavy (non-hydrogen) atoms. The standard InChI is InChI=1S/C13H5ClF4O/c14-9-5-11(17)8(4-12(9)18)13(19)7-2-1-6(15)3-10(7)16/h1-5H. The van der Waals surface area contributed by atoms with Crippen molar-refractivity contribution in [2.45, 2.75) is 0 Å². The molecule has 2 aromatic carbocycles. The third kappa shape index (κ3) is 2.61. The number of ketones is 1. The van der Waals surface area contributed by atoms with E-state index in [-0.39, 0.29) is 0 Å². The molecule has 0 saturated heterocycles. The van der Waals surface area contributed by atoms with Crippen LogP contribution in [0.5, 0.6) is 0 Å². The van der Waals surface area contributed by atoms with E-state index < -0.39 is 45.2 Å². The molecule has 1 nitrogen and oxygen atoms in total. The van der Waals surface area contributed by atoms with Gasteiger partial charge in [0.25, 0.3) is 0 Å². The van der Waals surface area contributed by atoms with Crippen LogP contribution < -0.4 is 0 Å². The van der Waals surface area contributed by atoms with Gasteiger partial charge in [-0.15, -0.1) is 0 Å². The first kappa shape index (κ1) is 13.5. The van der Waals surface area contributed by atoms with Crippen molar-refractivity contribution in [3.05, 3.63) is 69.8 Å². The van der Waals surface area contributed by atoms with Gasteiger partial charge in [0.2, 0.25) is 0 Å². The van der Waals surface area contributed by atoms with E-state index in [1.54, 1.807) is 0 Å². The number of carbonyl (C=O) groups excluding carboxylic acids is 1. The van der Waals surface area contributed by atoms with Gasteiger partial charge in [0.1, 0.15) is 23.3 Å². The maximum Gasteiger partial charge on any atom is 0.199 e. The fraction of sp³-hybridized carbons (Fsp3) is 0. The Morgan fingerprint density at radius 3 is 2.11 bits per heavy atom. The lowest BCUT2D eigenvalue weighted by Gasteiger charge is -2.05. The predicted octanol–water partition coefficient (Wildman–Crippen LogP) is 4.13. The van der Waals surface area contributed by atoms with Crippen LogP contribution in [0.2, 0.25) is 5.02 Å². The Morgan fingerprint density at radius 1 is 0.842 bits per heavy atom. The van der Waals surface area contributed by atoms with Gasteiger partial charge in [-0.2, -0.15) is 0 Å². The van der Waals surface area contributed by atoms with Gasteiger partial charge < -0.3 is 0 Å². The Balaban J connectivity index is 2.53. The number of carbonyl (C=O) groups is 1. The normalized spacial score (nSPS) is 10.6. The van der Waals surface area contributed by atoms with E-state index in [2.05, 4.69) is 0 Å². The van der Waals surface area contributed by atoms with E-state index in [9.17, 15) is 22.4 Å². The number of benzene rings is 2. The van der Waals surface area contributed by atoms with Gasteiger partial charge in [-0.05, 0) is 24.3 Å². The average molecular weight is 289 g/mol. The van der Waals surface area contributed by atoms with Gasteiger partial charge in [-0.25, -0.2) is 17.6 Å². The lowest BCUT2D eigenvalue weighted by molar-refractivity contribution is 0.103. The van der Waals surface area contributed by atoms with Crippen molar-refractivity contribution in [1.82, 2.24) is 0 Å². The van der Waals surface area contributed by atoms with Gasteiger partial charge in [-0.1, -0.05) is 11.6 Å². The summed E-state index contributed by atoms with van der Waals surface area (Å²) in [5.74, 6) is -5.21.